The number of anilines is 1. The molecule has 6 nitrogen and oxygen atoms in total. The summed E-state index contributed by atoms with van der Waals surface area (Å²) in [5.41, 5.74) is 0.495. The smallest absolute Gasteiger partial charge is 0.327 e. The third kappa shape index (κ3) is 3.36. The predicted octanol–water partition coefficient (Wildman–Crippen LogP) is 2.73. The SMILES string of the molecule is COc1cc(NC(=O)N2C(C)SCC2C(=O)O)ccc1Cl. The molecule has 1 aliphatic rings. The average molecular weight is 331 g/mol. The van der Waals surface area contributed by atoms with Crippen LogP contribution in [0.2, 0.25) is 5.02 Å². The van der Waals surface area contributed by atoms with Crippen LogP contribution in [-0.4, -0.2) is 46.3 Å². The summed E-state index contributed by atoms with van der Waals surface area (Å²) >= 11 is 7.35. The van der Waals surface area contributed by atoms with Crippen LogP contribution in [0.25, 0.3) is 0 Å². The van der Waals surface area contributed by atoms with Crippen LogP contribution in [0.3, 0.4) is 0 Å². The summed E-state index contributed by atoms with van der Waals surface area (Å²) in [5, 5.41) is 12.1. The molecule has 8 heteroatoms. The summed E-state index contributed by atoms with van der Waals surface area (Å²) in [7, 11) is 1.48. The molecule has 1 heterocycles. The van der Waals surface area contributed by atoms with Crippen LogP contribution in [0.5, 0.6) is 5.75 Å². The van der Waals surface area contributed by atoms with Gasteiger partial charge < -0.3 is 15.2 Å². The van der Waals surface area contributed by atoms with Gasteiger partial charge in [-0.25, -0.2) is 9.59 Å². The summed E-state index contributed by atoms with van der Waals surface area (Å²) < 4.78 is 5.08. The summed E-state index contributed by atoms with van der Waals surface area (Å²) in [6.07, 6.45) is 0. The van der Waals surface area contributed by atoms with E-state index >= 15 is 0 Å². The predicted molar refractivity (Wildman–Crippen MR) is 82.2 cm³/mol. The number of carbonyl (C=O) groups excluding carboxylic acids is 1. The zero-order valence-corrected chi connectivity index (χ0v) is 13.1. The topological polar surface area (TPSA) is 78.9 Å². The van der Waals surface area contributed by atoms with Gasteiger partial charge in [0.05, 0.1) is 17.5 Å². The maximum atomic E-state index is 12.3. The number of methoxy groups -OCH3 is 1. The monoisotopic (exact) mass is 330 g/mol. The maximum Gasteiger partial charge on any atom is 0.327 e. The lowest BCUT2D eigenvalue weighted by Gasteiger charge is -2.25. The molecule has 0 bridgehead atoms. The average Bonchev–Trinajstić information content (AvgIpc) is 2.83. The van der Waals surface area contributed by atoms with Crippen molar-refractivity contribution in [2.75, 3.05) is 18.2 Å². The number of nitrogens with zero attached hydrogens (tertiary/aromatic N) is 1. The minimum absolute atomic E-state index is 0.194. The van der Waals surface area contributed by atoms with Crippen LogP contribution < -0.4 is 10.1 Å². The number of urea groups is 1. The van der Waals surface area contributed by atoms with E-state index in [-0.39, 0.29) is 5.37 Å². The van der Waals surface area contributed by atoms with Crippen molar-refractivity contribution >= 4 is 41.1 Å². The second kappa shape index (κ2) is 6.44. The highest BCUT2D eigenvalue weighted by molar-refractivity contribution is 8.00. The normalized spacial score (nSPS) is 21.2. The Kier molecular flexibility index (Phi) is 4.84. The second-order valence-corrected chi connectivity index (χ2v) is 6.23. The Labute approximate surface area is 131 Å². The quantitative estimate of drug-likeness (QED) is 0.891. The van der Waals surface area contributed by atoms with E-state index in [1.807, 2.05) is 0 Å². The Hall–Kier alpha value is -1.60. The molecule has 1 aromatic carbocycles. The second-order valence-electron chi connectivity index (χ2n) is 4.47. The van der Waals surface area contributed by atoms with E-state index in [2.05, 4.69) is 5.32 Å². The summed E-state index contributed by atoms with van der Waals surface area (Å²) in [6.45, 7) is 1.80. The van der Waals surface area contributed by atoms with E-state index < -0.39 is 18.0 Å². The summed E-state index contributed by atoms with van der Waals surface area (Å²) in [6, 6.07) is 3.55. The molecule has 2 N–H and O–H groups in total. The first-order chi connectivity index (χ1) is 9.93. The highest BCUT2D eigenvalue weighted by Gasteiger charge is 2.39. The first kappa shape index (κ1) is 15.8. The van der Waals surface area contributed by atoms with E-state index in [0.717, 1.165) is 0 Å². The summed E-state index contributed by atoms with van der Waals surface area (Å²) in [4.78, 5) is 24.8. The van der Waals surface area contributed by atoms with Crippen LogP contribution in [0.15, 0.2) is 18.2 Å². The molecular formula is C13H15ClN2O4S. The first-order valence-corrected chi connectivity index (χ1v) is 7.64. The van der Waals surface area contributed by atoms with E-state index in [1.54, 1.807) is 25.1 Å². The molecule has 2 amide bonds. The van der Waals surface area contributed by atoms with E-state index in [1.165, 1.54) is 23.8 Å². The van der Waals surface area contributed by atoms with Gasteiger partial charge in [-0.3, -0.25) is 4.90 Å². The molecule has 2 rings (SSSR count). The zero-order chi connectivity index (χ0) is 15.6. The van der Waals surface area contributed by atoms with Gasteiger partial charge in [0.2, 0.25) is 0 Å². The fourth-order valence-corrected chi connectivity index (χ4v) is 3.43. The van der Waals surface area contributed by atoms with Crippen molar-refractivity contribution in [3.05, 3.63) is 23.2 Å². The Morgan fingerprint density at radius 2 is 2.24 bits per heavy atom. The molecule has 114 valence electrons. The fraction of sp³-hybridized carbons (Fsp3) is 0.385. The number of benzene rings is 1. The van der Waals surface area contributed by atoms with Crippen LogP contribution >= 0.6 is 23.4 Å². The highest BCUT2D eigenvalue weighted by atomic mass is 35.5. The lowest BCUT2D eigenvalue weighted by molar-refractivity contribution is -0.141. The van der Waals surface area contributed by atoms with Gasteiger partial charge in [0.25, 0.3) is 0 Å². The third-order valence-electron chi connectivity index (χ3n) is 3.14. The third-order valence-corrected chi connectivity index (χ3v) is 4.67. The lowest BCUT2D eigenvalue weighted by Crippen LogP contribution is -2.46. The molecule has 1 aromatic rings. The van der Waals surface area contributed by atoms with Crippen LogP contribution in [0, 0.1) is 0 Å². The Bertz CT molecular complexity index is 569. The largest absolute Gasteiger partial charge is 0.495 e. The summed E-state index contributed by atoms with van der Waals surface area (Å²) in [5.74, 6) is -0.183. The van der Waals surface area contributed by atoms with Crippen molar-refractivity contribution < 1.29 is 19.4 Å². The van der Waals surface area contributed by atoms with Gasteiger partial charge in [0.1, 0.15) is 11.8 Å². The minimum Gasteiger partial charge on any atom is -0.495 e. The maximum absolute atomic E-state index is 12.3. The van der Waals surface area contributed by atoms with Gasteiger partial charge in [-0.05, 0) is 19.1 Å². The number of amides is 2. The number of thioether (sulfide) groups is 1. The van der Waals surface area contributed by atoms with E-state index in [4.69, 9.17) is 21.4 Å². The number of nitrogens with one attached hydrogen (secondary N) is 1. The molecule has 2 unspecified atom stereocenters. The number of carbonyl (C=O) groups is 2. The Morgan fingerprint density at radius 1 is 1.52 bits per heavy atom. The Balaban J connectivity index is 2.15. The van der Waals surface area contributed by atoms with Crippen molar-refractivity contribution in [2.24, 2.45) is 0 Å². The van der Waals surface area contributed by atoms with Gasteiger partial charge in [0.15, 0.2) is 0 Å². The number of hydrogen-bond acceptors (Lipinski definition) is 4. The molecule has 1 aliphatic heterocycles. The molecule has 0 aliphatic carbocycles. The number of ether oxygens (including phenoxy) is 1. The van der Waals surface area contributed by atoms with Crippen molar-refractivity contribution in [3.63, 3.8) is 0 Å². The van der Waals surface area contributed by atoms with Gasteiger partial charge in [-0.15, -0.1) is 11.8 Å². The van der Waals surface area contributed by atoms with Crippen LogP contribution in [-0.2, 0) is 4.79 Å². The standard InChI is InChI=1S/C13H15ClN2O4S/c1-7-16(10(6-21-7)12(17)18)13(19)15-8-3-4-9(14)11(5-8)20-2/h3-5,7,10H,6H2,1-2H3,(H,15,19)(H,17,18). The van der Waals surface area contributed by atoms with Crippen molar-refractivity contribution in [3.8, 4) is 5.75 Å². The molecule has 0 spiro atoms. The molecule has 1 fully saturated rings. The molecular weight excluding hydrogens is 316 g/mol. The molecule has 2 atom stereocenters. The van der Waals surface area contributed by atoms with Gasteiger partial charge in [0, 0.05) is 17.5 Å². The van der Waals surface area contributed by atoms with Gasteiger partial charge >= 0.3 is 12.0 Å². The number of aliphatic carboxylic acids is 1. The molecule has 1 saturated heterocycles. The number of hydrogen-bond donors (Lipinski definition) is 2. The lowest BCUT2D eigenvalue weighted by atomic mass is 10.3. The van der Waals surface area contributed by atoms with E-state index in [9.17, 15) is 9.59 Å². The van der Waals surface area contributed by atoms with Gasteiger partial charge in [-0.1, -0.05) is 11.6 Å². The van der Waals surface area contributed by atoms with E-state index in [0.29, 0.717) is 22.2 Å². The fourth-order valence-electron chi connectivity index (χ4n) is 2.07. The number of rotatable bonds is 3. The Morgan fingerprint density at radius 3 is 2.86 bits per heavy atom. The van der Waals surface area contributed by atoms with Crippen molar-refractivity contribution in [1.82, 2.24) is 4.90 Å². The van der Waals surface area contributed by atoms with Gasteiger partial charge in [-0.2, -0.15) is 0 Å². The van der Waals surface area contributed by atoms with Crippen LogP contribution in [0.4, 0.5) is 10.5 Å². The van der Waals surface area contributed by atoms with Crippen molar-refractivity contribution in [2.45, 2.75) is 18.3 Å². The first-order valence-electron chi connectivity index (χ1n) is 6.21. The molecule has 0 saturated carbocycles. The zero-order valence-electron chi connectivity index (χ0n) is 11.5. The molecule has 0 radical (unpaired) electrons. The number of carboxylic acid groups (broad SMARTS) is 1. The van der Waals surface area contributed by atoms with Crippen molar-refractivity contribution in [1.29, 1.82) is 0 Å². The molecule has 21 heavy (non-hydrogen) atoms. The number of halogens is 1. The number of carboxylic acids is 1. The highest BCUT2D eigenvalue weighted by Crippen LogP contribution is 2.31. The molecule has 0 aromatic heterocycles. The van der Waals surface area contributed by atoms with Crippen LogP contribution in [0.1, 0.15) is 6.92 Å². The minimum atomic E-state index is -1.00.